The molecule has 5 heteroatoms. The van der Waals surface area contributed by atoms with Crippen LogP contribution in [0.25, 0.3) is 0 Å². The van der Waals surface area contributed by atoms with Crippen LogP contribution in [0.5, 0.6) is 0 Å². The number of carboxylic acid groups (broad SMARTS) is 1. The minimum absolute atomic E-state index is 0.0963. The number of hydrogen-bond acceptors (Lipinski definition) is 3. The van der Waals surface area contributed by atoms with Gasteiger partial charge in [-0.15, -0.1) is 0 Å². The summed E-state index contributed by atoms with van der Waals surface area (Å²) in [7, 11) is 0. The van der Waals surface area contributed by atoms with Crippen LogP contribution < -0.4 is 10.6 Å². The molecule has 0 amide bonds. The minimum Gasteiger partial charge on any atom is -0.480 e. The molecule has 0 saturated carbocycles. The van der Waals surface area contributed by atoms with Crippen LogP contribution in [-0.4, -0.2) is 30.7 Å². The molecule has 0 atom stereocenters. The molecule has 1 aromatic carbocycles. The predicted octanol–water partition coefficient (Wildman–Crippen LogP) is 1.19. The van der Waals surface area contributed by atoms with Gasteiger partial charge in [0.15, 0.2) is 0 Å². The van der Waals surface area contributed by atoms with E-state index in [-0.39, 0.29) is 6.54 Å². The number of aliphatic carboxylic acids is 1. The normalized spacial score (nSPS) is 10.0. The summed E-state index contributed by atoms with van der Waals surface area (Å²) in [5.41, 5.74) is 6.12. The first-order valence-corrected chi connectivity index (χ1v) is 4.94. The highest BCUT2D eigenvalue weighted by molar-refractivity contribution is 6.33. The molecule has 0 aliphatic rings. The first-order chi connectivity index (χ1) is 7.15. The fraction of sp³-hybridized carbons (Fsp3) is 0.300. The van der Waals surface area contributed by atoms with Gasteiger partial charge in [-0.25, -0.2) is 0 Å². The number of carboxylic acids is 1. The molecule has 0 bridgehead atoms. The topological polar surface area (TPSA) is 66.6 Å². The van der Waals surface area contributed by atoms with Crippen LogP contribution in [-0.2, 0) is 4.79 Å². The van der Waals surface area contributed by atoms with Gasteiger partial charge < -0.3 is 15.7 Å². The molecule has 4 nitrogen and oxygen atoms in total. The van der Waals surface area contributed by atoms with Crippen LogP contribution in [0, 0.1) is 0 Å². The summed E-state index contributed by atoms with van der Waals surface area (Å²) in [5, 5.41) is 9.27. The third-order valence-electron chi connectivity index (χ3n) is 1.92. The maximum Gasteiger partial charge on any atom is 0.323 e. The summed E-state index contributed by atoms with van der Waals surface area (Å²) in [6, 6.07) is 7.11. The average molecular weight is 229 g/mol. The van der Waals surface area contributed by atoms with Gasteiger partial charge in [0.05, 0.1) is 10.7 Å². The van der Waals surface area contributed by atoms with Crippen molar-refractivity contribution >= 4 is 23.3 Å². The monoisotopic (exact) mass is 228 g/mol. The van der Waals surface area contributed by atoms with Gasteiger partial charge >= 0.3 is 5.97 Å². The molecule has 0 radical (unpaired) electrons. The highest BCUT2D eigenvalue weighted by Gasteiger charge is 2.12. The molecule has 0 unspecified atom stereocenters. The largest absolute Gasteiger partial charge is 0.480 e. The van der Waals surface area contributed by atoms with Crippen molar-refractivity contribution in [3.63, 3.8) is 0 Å². The van der Waals surface area contributed by atoms with E-state index in [0.29, 0.717) is 23.8 Å². The van der Waals surface area contributed by atoms with Crippen LogP contribution >= 0.6 is 11.6 Å². The van der Waals surface area contributed by atoms with Gasteiger partial charge in [-0.2, -0.15) is 0 Å². The van der Waals surface area contributed by atoms with Crippen LogP contribution in [0.1, 0.15) is 0 Å². The van der Waals surface area contributed by atoms with Crippen LogP contribution in [0.15, 0.2) is 24.3 Å². The smallest absolute Gasteiger partial charge is 0.323 e. The predicted molar refractivity (Wildman–Crippen MR) is 60.4 cm³/mol. The molecular weight excluding hydrogens is 216 g/mol. The molecule has 82 valence electrons. The number of anilines is 1. The maximum absolute atomic E-state index is 10.6. The molecule has 0 aromatic heterocycles. The lowest BCUT2D eigenvalue weighted by Crippen LogP contribution is -2.34. The Morgan fingerprint density at radius 1 is 1.47 bits per heavy atom. The second-order valence-electron chi connectivity index (χ2n) is 3.06. The van der Waals surface area contributed by atoms with Gasteiger partial charge in [-0.3, -0.25) is 4.79 Å². The number of halogens is 1. The first kappa shape index (κ1) is 11.8. The lowest BCUT2D eigenvalue weighted by atomic mass is 10.3. The van der Waals surface area contributed by atoms with Crippen molar-refractivity contribution < 1.29 is 9.90 Å². The fourth-order valence-electron chi connectivity index (χ4n) is 1.31. The van der Waals surface area contributed by atoms with Gasteiger partial charge in [0, 0.05) is 13.1 Å². The van der Waals surface area contributed by atoms with E-state index in [1.165, 1.54) is 0 Å². The lowest BCUT2D eigenvalue weighted by Gasteiger charge is -2.22. The number of benzene rings is 1. The van der Waals surface area contributed by atoms with Crippen LogP contribution in [0.3, 0.4) is 0 Å². The quantitative estimate of drug-likeness (QED) is 0.795. The van der Waals surface area contributed by atoms with E-state index >= 15 is 0 Å². The highest BCUT2D eigenvalue weighted by atomic mass is 35.5. The van der Waals surface area contributed by atoms with Crippen molar-refractivity contribution in [2.75, 3.05) is 24.5 Å². The van der Waals surface area contributed by atoms with Crippen molar-refractivity contribution in [2.24, 2.45) is 5.73 Å². The summed E-state index contributed by atoms with van der Waals surface area (Å²) < 4.78 is 0. The summed E-state index contributed by atoms with van der Waals surface area (Å²) >= 11 is 5.96. The molecule has 0 spiro atoms. The Hall–Kier alpha value is -1.26. The van der Waals surface area contributed by atoms with E-state index in [0.717, 1.165) is 0 Å². The molecule has 15 heavy (non-hydrogen) atoms. The Labute approximate surface area is 93.2 Å². The van der Waals surface area contributed by atoms with Crippen molar-refractivity contribution in [3.8, 4) is 0 Å². The van der Waals surface area contributed by atoms with E-state index in [4.69, 9.17) is 22.4 Å². The summed E-state index contributed by atoms with van der Waals surface area (Å²) in [5.74, 6) is -0.900. The Morgan fingerprint density at radius 2 is 2.13 bits per heavy atom. The van der Waals surface area contributed by atoms with Crippen LogP contribution in [0.2, 0.25) is 5.02 Å². The van der Waals surface area contributed by atoms with Gasteiger partial charge in [0.2, 0.25) is 0 Å². The molecule has 0 saturated heterocycles. The standard InChI is InChI=1S/C10H13ClN2O2/c11-8-3-1-2-4-9(8)13(6-5-12)7-10(14)15/h1-4H,5-7,12H2,(H,14,15). The lowest BCUT2D eigenvalue weighted by molar-refractivity contribution is -0.135. The van der Waals surface area contributed by atoms with E-state index < -0.39 is 5.97 Å². The van der Waals surface area contributed by atoms with E-state index in [1.807, 2.05) is 6.07 Å². The minimum atomic E-state index is -0.900. The Kier molecular flexibility index (Phi) is 4.39. The number of carbonyl (C=O) groups is 1. The van der Waals surface area contributed by atoms with Crippen molar-refractivity contribution in [1.29, 1.82) is 0 Å². The molecule has 1 aromatic rings. The summed E-state index contributed by atoms with van der Waals surface area (Å²) in [6.07, 6.45) is 0. The summed E-state index contributed by atoms with van der Waals surface area (Å²) in [4.78, 5) is 12.3. The Balaban J connectivity index is 2.88. The zero-order valence-electron chi connectivity index (χ0n) is 8.19. The highest BCUT2D eigenvalue weighted by Crippen LogP contribution is 2.24. The third kappa shape index (κ3) is 3.42. The second kappa shape index (κ2) is 5.58. The Bertz CT molecular complexity index is 344. The van der Waals surface area contributed by atoms with Gasteiger partial charge in [-0.1, -0.05) is 23.7 Å². The summed E-state index contributed by atoms with van der Waals surface area (Å²) in [6.45, 7) is 0.759. The molecule has 3 N–H and O–H groups in total. The van der Waals surface area contributed by atoms with Crippen molar-refractivity contribution in [1.82, 2.24) is 0 Å². The van der Waals surface area contributed by atoms with E-state index in [9.17, 15) is 4.79 Å². The average Bonchev–Trinajstić information content (AvgIpc) is 2.17. The number of nitrogens with zero attached hydrogens (tertiary/aromatic N) is 1. The molecule has 0 heterocycles. The van der Waals surface area contributed by atoms with Gasteiger partial charge in [-0.05, 0) is 12.1 Å². The zero-order valence-corrected chi connectivity index (χ0v) is 8.94. The van der Waals surface area contributed by atoms with E-state index in [2.05, 4.69) is 0 Å². The van der Waals surface area contributed by atoms with Crippen molar-refractivity contribution in [3.05, 3.63) is 29.3 Å². The maximum atomic E-state index is 10.6. The number of nitrogens with two attached hydrogens (primary N) is 1. The molecule has 1 rings (SSSR count). The molecular formula is C10H13ClN2O2. The third-order valence-corrected chi connectivity index (χ3v) is 2.24. The Morgan fingerprint density at radius 3 is 2.67 bits per heavy atom. The van der Waals surface area contributed by atoms with Crippen LogP contribution in [0.4, 0.5) is 5.69 Å². The van der Waals surface area contributed by atoms with Gasteiger partial charge in [0.1, 0.15) is 6.54 Å². The number of rotatable bonds is 5. The molecule has 0 fully saturated rings. The molecule has 0 aliphatic heterocycles. The number of hydrogen-bond donors (Lipinski definition) is 2. The number of para-hydroxylation sites is 1. The second-order valence-corrected chi connectivity index (χ2v) is 3.46. The fourth-order valence-corrected chi connectivity index (χ4v) is 1.57. The zero-order chi connectivity index (χ0) is 11.3. The van der Waals surface area contributed by atoms with E-state index in [1.54, 1.807) is 23.1 Å². The first-order valence-electron chi connectivity index (χ1n) is 4.56. The van der Waals surface area contributed by atoms with Gasteiger partial charge in [0.25, 0.3) is 0 Å². The SMILES string of the molecule is NCCN(CC(=O)O)c1ccccc1Cl. The van der Waals surface area contributed by atoms with Crippen molar-refractivity contribution in [2.45, 2.75) is 0 Å². The molecule has 0 aliphatic carbocycles.